The lowest BCUT2D eigenvalue weighted by Crippen LogP contribution is -2.25. The van der Waals surface area contributed by atoms with E-state index >= 15 is 0 Å². The van der Waals surface area contributed by atoms with Gasteiger partial charge in [0.1, 0.15) is 46.6 Å². The number of para-hydroxylation sites is 9. The highest BCUT2D eigenvalue weighted by Crippen LogP contribution is 2.61. The molecule has 6 aliphatic heterocycles. The van der Waals surface area contributed by atoms with E-state index in [2.05, 4.69) is 423 Å². The molecule has 141 heavy (non-hydrogen) atoms. The normalized spacial score (nSPS) is 13.7. The van der Waals surface area contributed by atoms with Crippen molar-refractivity contribution in [3.05, 3.63) is 483 Å². The Morgan fingerprint density at radius 1 is 0.199 bits per heavy atom. The lowest BCUT2D eigenvalue weighted by atomic mass is 9.75. The van der Waals surface area contributed by atoms with E-state index in [0.717, 1.165) is 162 Å². The summed E-state index contributed by atoms with van der Waals surface area (Å²) in [5.41, 5.74) is 26.8. The maximum Gasteiger partial charge on any atom is 0.155 e. The Bertz CT molecular complexity index is 7880. The summed E-state index contributed by atoms with van der Waals surface area (Å²) in [6.45, 7) is 13.6. The van der Waals surface area contributed by atoms with Gasteiger partial charge in [-0.1, -0.05) is 356 Å². The van der Waals surface area contributed by atoms with E-state index in [0.29, 0.717) is 0 Å². The molecule has 0 aliphatic carbocycles. The number of benzene rings is 18. The van der Waals surface area contributed by atoms with Crippen molar-refractivity contribution < 1.29 is 23.7 Å². The molecule has 0 amide bonds. The number of nitrogens with zero attached hydrogens (tertiary/aromatic N) is 6. The molecule has 6 aliphatic rings. The van der Waals surface area contributed by atoms with Crippen LogP contribution in [0.1, 0.15) is 74.9 Å². The summed E-state index contributed by atoms with van der Waals surface area (Å²) >= 11 is 7.22. The van der Waals surface area contributed by atoms with E-state index in [1.807, 2.05) is 109 Å². The van der Waals surface area contributed by atoms with Gasteiger partial charge in [0.15, 0.2) is 17.2 Å². The van der Waals surface area contributed by atoms with E-state index in [-0.39, 0.29) is 16.2 Å². The van der Waals surface area contributed by atoms with E-state index in [1.165, 1.54) is 75.2 Å². The number of fused-ring (bicyclic) bond motifs is 12. The van der Waals surface area contributed by atoms with Crippen molar-refractivity contribution in [3.8, 4) is 113 Å². The minimum Gasteiger partial charge on any atom is -0.455 e. The summed E-state index contributed by atoms with van der Waals surface area (Å²) < 4.78 is 32.9. The zero-order chi connectivity index (χ0) is 94.9. The molecular formula is C126H92N6O5S4. The average Bonchev–Trinajstić information content (AvgIpc) is 0.733. The first-order chi connectivity index (χ1) is 69.2. The van der Waals surface area contributed by atoms with Gasteiger partial charge in [-0.05, 0) is 202 Å². The van der Waals surface area contributed by atoms with Crippen molar-refractivity contribution in [1.29, 1.82) is 0 Å². The minimum absolute atomic E-state index is 0.215. The van der Waals surface area contributed by atoms with Gasteiger partial charge in [0.05, 0.1) is 66.6 Å². The van der Waals surface area contributed by atoms with Crippen LogP contribution < -0.4 is 38.4 Å². The third kappa shape index (κ3) is 16.3. The molecular weight excluding hydrogens is 1810 g/mol. The molecule has 680 valence electrons. The van der Waals surface area contributed by atoms with Gasteiger partial charge in [-0.25, -0.2) is 9.97 Å². The van der Waals surface area contributed by atoms with Gasteiger partial charge in [-0.3, -0.25) is 4.98 Å². The molecule has 0 atom stereocenters. The molecule has 0 saturated carbocycles. The van der Waals surface area contributed by atoms with Gasteiger partial charge in [-0.15, -0.1) is 0 Å². The zero-order valence-electron chi connectivity index (χ0n) is 78.1. The molecule has 11 nitrogen and oxygen atoms in total. The minimum atomic E-state index is -0.230. The molecule has 26 rings (SSSR count). The first kappa shape index (κ1) is 87.7. The molecule has 15 heteroatoms. The van der Waals surface area contributed by atoms with Crippen LogP contribution in [0.5, 0.6) is 57.5 Å². The predicted octanol–water partition coefficient (Wildman–Crippen LogP) is 36.4. The fraction of sp³-hybridized carbons (Fsp3) is 0.0714. The standard InChI is InChI=1S/C51H37NOS2.C38H28N2O2S.C37H27N3O2S/c1-51(2)42-15-6-7-18-45(42)53-49-43(51)16-11-17-44(49)52(39-30-26-37(27-31-39)36-24-22-35(23-25-36)34-12-4-3-5-13-34)40-32-28-38(29-33-40)41-14-10-21-48-50(41)55-47-20-9-8-19-46(47)54-48;1-38(2)29-12-3-4-15-32(29)41-37-30(38)13-8-14-31(37)40(27-10-9-23-39-24-27)26-21-19-25(20-22-26)28-11-7-18-35-36(28)42-33-16-5-6-17-34(33)43-35;1-37(2)28-10-3-4-13-31(28)42-35-29(37)11-8-12-30(35)40(26-21-38-23-39-22-26)25-19-17-24(18-20-25)27-9-7-15-33-36(27)43-34-16-6-5-14-32(34)41-33/h3-33H,1-2H3;3-24H,1-2H3;3-23H,1-2H3. The fourth-order valence-corrected chi connectivity index (χ4v) is 24.5. The highest BCUT2D eigenvalue weighted by molar-refractivity contribution is 8.05. The summed E-state index contributed by atoms with van der Waals surface area (Å²) in [6, 6.07) is 147. The van der Waals surface area contributed by atoms with Crippen molar-refractivity contribution >= 4 is 98.2 Å². The van der Waals surface area contributed by atoms with Gasteiger partial charge in [-0.2, -0.15) is 0 Å². The predicted molar refractivity (Wildman–Crippen MR) is 576 cm³/mol. The second kappa shape index (κ2) is 36.7. The molecule has 0 saturated heterocycles. The molecule has 18 aromatic carbocycles. The van der Waals surface area contributed by atoms with Crippen LogP contribution in [0.3, 0.4) is 0 Å². The van der Waals surface area contributed by atoms with E-state index in [4.69, 9.17) is 23.7 Å². The number of anilines is 9. The second-order valence-electron chi connectivity index (χ2n) is 36.9. The van der Waals surface area contributed by atoms with Crippen LogP contribution in [0.4, 0.5) is 51.2 Å². The maximum absolute atomic E-state index is 6.85. The Balaban J connectivity index is 0.000000116. The van der Waals surface area contributed by atoms with Crippen LogP contribution in [0.15, 0.2) is 489 Å². The largest absolute Gasteiger partial charge is 0.455 e. The van der Waals surface area contributed by atoms with Gasteiger partial charge >= 0.3 is 0 Å². The van der Waals surface area contributed by atoms with Crippen molar-refractivity contribution in [2.24, 2.45) is 0 Å². The van der Waals surface area contributed by atoms with Crippen molar-refractivity contribution in [2.75, 3.05) is 14.7 Å². The Morgan fingerprint density at radius 2 is 0.518 bits per heavy atom. The van der Waals surface area contributed by atoms with Gasteiger partial charge in [0, 0.05) is 104 Å². The van der Waals surface area contributed by atoms with Gasteiger partial charge in [0.25, 0.3) is 0 Å². The van der Waals surface area contributed by atoms with Gasteiger partial charge in [0.2, 0.25) is 0 Å². The second-order valence-corrected chi connectivity index (χ2v) is 41.2. The first-order valence-electron chi connectivity index (χ1n) is 47.3. The monoisotopic (exact) mass is 1900 g/mol. The molecule has 0 spiro atoms. The van der Waals surface area contributed by atoms with Crippen LogP contribution in [0.25, 0.3) is 55.6 Å². The Morgan fingerprint density at radius 3 is 1.01 bits per heavy atom. The number of ether oxygens (including phenoxy) is 5. The lowest BCUT2D eigenvalue weighted by Gasteiger charge is -2.37. The van der Waals surface area contributed by atoms with Crippen LogP contribution >= 0.6 is 47.0 Å². The van der Waals surface area contributed by atoms with Crippen LogP contribution in [0.2, 0.25) is 0 Å². The maximum atomic E-state index is 6.85. The number of hydrogen-bond donors (Lipinski definition) is 0. The molecule has 0 bridgehead atoms. The van der Waals surface area contributed by atoms with Crippen molar-refractivity contribution in [3.63, 3.8) is 0 Å². The van der Waals surface area contributed by atoms with Crippen molar-refractivity contribution in [2.45, 2.75) is 97.0 Å². The van der Waals surface area contributed by atoms with Crippen LogP contribution in [0, 0.1) is 0 Å². The van der Waals surface area contributed by atoms with Crippen molar-refractivity contribution in [1.82, 2.24) is 15.0 Å². The van der Waals surface area contributed by atoms with Crippen LogP contribution in [-0.4, -0.2) is 15.0 Å². The quantitative estimate of drug-likeness (QED) is 0.103. The lowest BCUT2D eigenvalue weighted by molar-refractivity contribution is 0.419. The molecule has 2 aromatic heterocycles. The molecule has 0 radical (unpaired) electrons. The van der Waals surface area contributed by atoms with E-state index in [9.17, 15) is 0 Å². The number of rotatable bonds is 14. The highest BCUT2D eigenvalue weighted by atomic mass is 32.2. The third-order valence-electron chi connectivity index (χ3n) is 27.3. The average molecular weight is 1900 g/mol. The zero-order valence-corrected chi connectivity index (χ0v) is 81.3. The number of aromatic nitrogens is 3. The van der Waals surface area contributed by atoms with Crippen LogP contribution in [-0.2, 0) is 16.2 Å². The highest BCUT2D eigenvalue weighted by Gasteiger charge is 2.41. The SMILES string of the molecule is CC1(C)c2ccccc2Oc2c(N(c3ccc(-c4ccc(-c5ccccc5)cc4)cc3)c3ccc(-c4cccc5c4Sc4ccccc4S5)cc3)cccc21.CC1(C)c2ccccc2Oc2c(N(c3ccc(-c4cccc5c4Oc4ccccc4S5)cc3)c3cccnc3)cccc21.CC1(C)c2ccccc2Oc2c(N(c3ccc(-c4cccc5c4Sc4ccccc4O5)cc3)c3cncnc3)cccc21. The molecule has 20 aromatic rings. The van der Waals surface area contributed by atoms with Gasteiger partial charge < -0.3 is 38.4 Å². The third-order valence-corrected chi connectivity index (χ3v) is 32.2. The molecule has 8 heterocycles. The summed E-state index contributed by atoms with van der Waals surface area (Å²) in [5, 5.41) is 0. The Kier molecular flexibility index (Phi) is 22.9. The molecule has 0 N–H and O–H groups in total. The van der Waals surface area contributed by atoms with E-state index in [1.54, 1.807) is 36.0 Å². The number of pyridine rings is 1. The first-order valence-corrected chi connectivity index (χ1v) is 50.5. The molecule has 0 fully saturated rings. The smallest absolute Gasteiger partial charge is 0.155 e. The Labute approximate surface area is 838 Å². The summed E-state index contributed by atoms with van der Waals surface area (Å²) in [5.74, 6) is 8.83. The summed E-state index contributed by atoms with van der Waals surface area (Å²) in [4.78, 5) is 29.6. The summed E-state index contributed by atoms with van der Waals surface area (Å²) in [7, 11) is 0. The van der Waals surface area contributed by atoms with E-state index < -0.39 is 0 Å². The summed E-state index contributed by atoms with van der Waals surface area (Å²) in [6.07, 6.45) is 8.92. The Hall–Kier alpha value is -16.0. The topological polar surface area (TPSA) is 94.5 Å². The molecule has 0 unspecified atom stereocenters. The number of hydrogen-bond acceptors (Lipinski definition) is 15. The fourth-order valence-electron chi connectivity index (χ4n) is 20.0.